The molecule has 6 heteroatoms. The van der Waals surface area contributed by atoms with Crippen molar-refractivity contribution in [1.29, 1.82) is 0 Å². The minimum atomic E-state index is -0.740. The summed E-state index contributed by atoms with van der Waals surface area (Å²) in [6.45, 7) is 5.84. The number of halogens is 1. The summed E-state index contributed by atoms with van der Waals surface area (Å²) in [5.74, 6) is 0.279. The van der Waals surface area contributed by atoms with Gasteiger partial charge in [-0.3, -0.25) is 20.4 Å². The van der Waals surface area contributed by atoms with Crippen molar-refractivity contribution >= 4 is 23.4 Å². The Kier molecular flexibility index (Phi) is 7.04. The molecule has 2 rings (SSSR count). The fraction of sp³-hybridized carbons (Fsp3) is 0.300. The summed E-state index contributed by atoms with van der Waals surface area (Å²) in [7, 11) is 0. The van der Waals surface area contributed by atoms with E-state index >= 15 is 0 Å². The van der Waals surface area contributed by atoms with Gasteiger partial charge in [-0.05, 0) is 48.2 Å². The molecule has 26 heavy (non-hydrogen) atoms. The van der Waals surface area contributed by atoms with Gasteiger partial charge in [0.25, 0.3) is 5.91 Å². The van der Waals surface area contributed by atoms with E-state index in [9.17, 15) is 9.59 Å². The first-order valence-corrected chi connectivity index (χ1v) is 8.82. The predicted octanol–water partition coefficient (Wildman–Crippen LogP) is 3.62. The molecule has 0 heterocycles. The zero-order valence-corrected chi connectivity index (χ0v) is 15.8. The Morgan fingerprint density at radius 3 is 2.15 bits per heavy atom. The van der Waals surface area contributed by atoms with Gasteiger partial charge in [-0.1, -0.05) is 49.7 Å². The summed E-state index contributed by atoms with van der Waals surface area (Å²) in [5.41, 5.74) is 6.76. The van der Waals surface area contributed by atoms with E-state index in [2.05, 4.69) is 24.7 Å². The third-order valence-electron chi connectivity index (χ3n) is 3.83. The summed E-state index contributed by atoms with van der Waals surface area (Å²) in [6.07, 6.45) is -0.598. The average molecular weight is 375 g/mol. The molecule has 2 N–H and O–H groups in total. The number of hydrogen-bond donors (Lipinski definition) is 2. The fourth-order valence-corrected chi connectivity index (χ4v) is 2.38. The van der Waals surface area contributed by atoms with Crippen LogP contribution in [0.15, 0.2) is 48.5 Å². The molecule has 1 unspecified atom stereocenters. The van der Waals surface area contributed by atoms with Crippen molar-refractivity contribution in [2.45, 2.75) is 39.2 Å². The molecule has 5 nitrogen and oxygen atoms in total. The lowest BCUT2D eigenvalue weighted by Gasteiger charge is -2.16. The average Bonchev–Trinajstić information content (AvgIpc) is 2.62. The van der Waals surface area contributed by atoms with Crippen molar-refractivity contribution in [2.24, 2.45) is 0 Å². The van der Waals surface area contributed by atoms with Crippen LogP contribution in [0, 0.1) is 0 Å². The molecule has 0 spiro atoms. The number of nitrogens with one attached hydrogen (secondary N) is 2. The van der Waals surface area contributed by atoms with Crippen LogP contribution >= 0.6 is 11.6 Å². The van der Waals surface area contributed by atoms with E-state index in [4.69, 9.17) is 16.3 Å². The molecular formula is C20H23ClN2O3. The molecule has 0 aliphatic heterocycles. The molecule has 0 aliphatic carbocycles. The van der Waals surface area contributed by atoms with Crippen molar-refractivity contribution < 1.29 is 14.3 Å². The van der Waals surface area contributed by atoms with E-state index in [-0.39, 0.29) is 12.3 Å². The molecule has 2 aromatic carbocycles. The number of ether oxygens (including phenoxy) is 1. The van der Waals surface area contributed by atoms with Crippen LogP contribution in [-0.2, 0) is 16.0 Å². The van der Waals surface area contributed by atoms with Gasteiger partial charge in [-0.2, -0.15) is 0 Å². The second kappa shape index (κ2) is 9.25. The lowest BCUT2D eigenvalue weighted by molar-refractivity contribution is -0.132. The molecular weight excluding hydrogens is 352 g/mol. The van der Waals surface area contributed by atoms with E-state index in [1.807, 2.05) is 24.3 Å². The monoisotopic (exact) mass is 374 g/mol. The highest BCUT2D eigenvalue weighted by atomic mass is 35.5. The zero-order valence-electron chi connectivity index (χ0n) is 15.1. The Morgan fingerprint density at radius 1 is 0.962 bits per heavy atom. The summed E-state index contributed by atoms with van der Waals surface area (Å²) >= 11 is 5.80. The zero-order chi connectivity index (χ0) is 19.1. The Balaban J connectivity index is 1.79. The molecule has 0 aliphatic rings. The summed E-state index contributed by atoms with van der Waals surface area (Å²) in [6, 6.07) is 14.5. The highest BCUT2D eigenvalue weighted by molar-refractivity contribution is 6.30. The van der Waals surface area contributed by atoms with Gasteiger partial charge in [0, 0.05) is 5.02 Å². The van der Waals surface area contributed by atoms with Crippen LogP contribution in [0.25, 0.3) is 0 Å². The van der Waals surface area contributed by atoms with E-state index < -0.39 is 12.0 Å². The van der Waals surface area contributed by atoms with Crippen LogP contribution in [0.1, 0.15) is 37.8 Å². The maximum atomic E-state index is 12.1. The minimum absolute atomic E-state index is 0.142. The van der Waals surface area contributed by atoms with Gasteiger partial charge in [0.1, 0.15) is 5.75 Å². The predicted molar refractivity (Wildman–Crippen MR) is 102 cm³/mol. The van der Waals surface area contributed by atoms with Crippen molar-refractivity contribution in [3.63, 3.8) is 0 Å². The number of hydrazine groups is 1. The molecule has 2 amide bonds. The van der Waals surface area contributed by atoms with Crippen LogP contribution < -0.4 is 15.6 Å². The maximum absolute atomic E-state index is 12.1. The molecule has 1 atom stereocenters. The van der Waals surface area contributed by atoms with Crippen LogP contribution in [0.3, 0.4) is 0 Å². The van der Waals surface area contributed by atoms with Crippen LogP contribution in [0.5, 0.6) is 5.75 Å². The third kappa shape index (κ3) is 6.08. The van der Waals surface area contributed by atoms with Crippen molar-refractivity contribution in [3.8, 4) is 5.75 Å². The molecule has 0 aromatic heterocycles. The van der Waals surface area contributed by atoms with Crippen LogP contribution in [0.2, 0.25) is 5.02 Å². The van der Waals surface area contributed by atoms with Gasteiger partial charge >= 0.3 is 0 Å². The number of amides is 2. The highest BCUT2D eigenvalue weighted by Crippen LogP contribution is 2.19. The first-order valence-electron chi connectivity index (χ1n) is 8.45. The van der Waals surface area contributed by atoms with Gasteiger partial charge < -0.3 is 4.74 Å². The third-order valence-corrected chi connectivity index (χ3v) is 4.08. The van der Waals surface area contributed by atoms with Crippen molar-refractivity contribution in [1.82, 2.24) is 10.9 Å². The summed E-state index contributed by atoms with van der Waals surface area (Å²) in [4.78, 5) is 23.9. The van der Waals surface area contributed by atoms with Gasteiger partial charge in [-0.15, -0.1) is 0 Å². The number of benzene rings is 2. The Hall–Kier alpha value is -2.53. The van der Waals surface area contributed by atoms with Gasteiger partial charge in [-0.25, -0.2) is 0 Å². The topological polar surface area (TPSA) is 67.4 Å². The van der Waals surface area contributed by atoms with Crippen LogP contribution in [0.4, 0.5) is 0 Å². The van der Waals surface area contributed by atoms with Gasteiger partial charge in [0.15, 0.2) is 6.10 Å². The summed E-state index contributed by atoms with van der Waals surface area (Å²) < 4.78 is 5.60. The first-order chi connectivity index (χ1) is 12.3. The van der Waals surface area contributed by atoms with E-state index in [0.717, 1.165) is 5.56 Å². The SMILES string of the molecule is CC(Oc1ccc(C(C)C)cc1)C(=O)NNC(=O)Cc1ccc(Cl)cc1. The molecule has 0 saturated carbocycles. The maximum Gasteiger partial charge on any atom is 0.279 e. The smallest absolute Gasteiger partial charge is 0.279 e. The van der Waals surface area contributed by atoms with Gasteiger partial charge in [0.05, 0.1) is 6.42 Å². The summed E-state index contributed by atoms with van der Waals surface area (Å²) in [5, 5.41) is 0.606. The van der Waals surface area contributed by atoms with Gasteiger partial charge in [0.2, 0.25) is 5.91 Å². The largest absolute Gasteiger partial charge is 0.481 e. The number of rotatable bonds is 6. The normalized spacial score (nSPS) is 11.7. The van der Waals surface area contributed by atoms with E-state index in [1.54, 1.807) is 31.2 Å². The van der Waals surface area contributed by atoms with Crippen molar-refractivity contribution in [2.75, 3.05) is 0 Å². The lowest BCUT2D eigenvalue weighted by atomic mass is 10.0. The second-order valence-electron chi connectivity index (χ2n) is 6.32. The molecule has 0 saturated heterocycles. The van der Waals surface area contributed by atoms with E-state index in [0.29, 0.717) is 16.7 Å². The van der Waals surface area contributed by atoms with Crippen LogP contribution in [-0.4, -0.2) is 17.9 Å². The number of carbonyl (C=O) groups is 2. The minimum Gasteiger partial charge on any atom is -0.481 e. The quantitative estimate of drug-likeness (QED) is 0.759. The van der Waals surface area contributed by atoms with E-state index in [1.165, 1.54) is 5.56 Å². The Morgan fingerprint density at radius 2 is 1.58 bits per heavy atom. The number of carbonyl (C=O) groups excluding carboxylic acids is 2. The Labute approximate surface area is 158 Å². The first kappa shape index (κ1) is 19.8. The molecule has 138 valence electrons. The molecule has 0 fully saturated rings. The standard InChI is InChI=1S/C20H23ClN2O3/c1-13(2)16-6-10-18(11-7-16)26-14(3)20(25)23-22-19(24)12-15-4-8-17(21)9-5-15/h4-11,13-14H,12H2,1-3H3,(H,22,24)(H,23,25). The Bertz CT molecular complexity index is 743. The lowest BCUT2D eigenvalue weighted by Crippen LogP contribution is -2.47. The molecule has 2 aromatic rings. The highest BCUT2D eigenvalue weighted by Gasteiger charge is 2.15. The molecule has 0 radical (unpaired) electrons. The second-order valence-corrected chi connectivity index (χ2v) is 6.76. The fourth-order valence-electron chi connectivity index (χ4n) is 2.25. The number of hydrogen-bond acceptors (Lipinski definition) is 3. The van der Waals surface area contributed by atoms with Crippen molar-refractivity contribution in [3.05, 3.63) is 64.7 Å². The molecule has 0 bridgehead atoms.